The molecule has 1 fully saturated rings. The van der Waals surface area contributed by atoms with E-state index >= 15 is 0 Å². The molecule has 1 N–H and O–H groups in total. The predicted molar refractivity (Wildman–Crippen MR) is 75.2 cm³/mol. The third kappa shape index (κ3) is 3.42. The van der Waals surface area contributed by atoms with Crippen LogP contribution in [0, 0.1) is 15.5 Å². The van der Waals surface area contributed by atoms with Crippen molar-refractivity contribution in [1.82, 2.24) is 4.98 Å². The van der Waals surface area contributed by atoms with Gasteiger partial charge in [0.05, 0.1) is 9.40 Å². The molecule has 1 aromatic heterocycles. The van der Waals surface area contributed by atoms with Crippen molar-refractivity contribution in [2.24, 2.45) is 5.41 Å². The highest BCUT2D eigenvalue weighted by Crippen LogP contribution is 2.34. The number of nitrogens with one attached hydrogen (secondary N) is 1. The number of rotatable bonds is 4. The molecule has 0 aliphatic carbocycles. The van der Waals surface area contributed by atoms with Gasteiger partial charge in [0.25, 0.3) is 0 Å². The van der Waals surface area contributed by atoms with E-state index in [9.17, 15) is 10.1 Å². The minimum atomic E-state index is -0.424. The summed E-state index contributed by atoms with van der Waals surface area (Å²) in [6.45, 7) is 4.35. The summed E-state index contributed by atoms with van der Waals surface area (Å²) < 4.78 is 5.96. The van der Waals surface area contributed by atoms with Crippen LogP contribution in [0.3, 0.4) is 0 Å². The Hall–Kier alpha value is -1.21. The van der Waals surface area contributed by atoms with Gasteiger partial charge in [-0.1, -0.05) is 6.92 Å². The third-order valence-corrected chi connectivity index (χ3v) is 4.07. The van der Waals surface area contributed by atoms with E-state index in [1.165, 1.54) is 6.20 Å². The van der Waals surface area contributed by atoms with Crippen LogP contribution < -0.4 is 5.32 Å². The smallest absolute Gasteiger partial charge is 0.311 e. The van der Waals surface area contributed by atoms with E-state index in [-0.39, 0.29) is 11.1 Å². The maximum absolute atomic E-state index is 11.0. The van der Waals surface area contributed by atoms with Gasteiger partial charge in [-0.15, -0.1) is 0 Å². The number of hydrogen-bond donors (Lipinski definition) is 1. The van der Waals surface area contributed by atoms with Crippen molar-refractivity contribution in [2.45, 2.75) is 19.8 Å². The van der Waals surface area contributed by atoms with Crippen LogP contribution in [0.5, 0.6) is 0 Å². The molecular weight excluding hydrogens is 314 g/mol. The normalized spacial score (nSPS) is 18.0. The van der Waals surface area contributed by atoms with Gasteiger partial charge in [0, 0.05) is 26.0 Å². The summed E-state index contributed by atoms with van der Waals surface area (Å²) in [6.07, 6.45) is 4.73. The van der Waals surface area contributed by atoms with Crippen LogP contribution in [0.2, 0.25) is 0 Å². The Morgan fingerprint density at radius 2 is 2.21 bits per heavy atom. The van der Waals surface area contributed by atoms with Gasteiger partial charge < -0.3 is 10.1 Å². The van der Waals surface area contributed by atoms with Crippen molar-refractivity contribution in [1.29, 1.82) is 0 Å². The Kier molecular flexibility index (Phi) is 4.36. The average molecular weight is 330 g/mol. The lowest BCUT2D eigenvalue weighted by Crippen LogP contribution is -2.33. The Morgan fingerprint density at radius 1 is 1.53 bits per heavy atom. The van der Waals surface area contributed by atoms with Crippen LogP contribution in [0.15, 0.2) is 16.9 Å². The molecule has 0 bridgehead atoms. The molecule has 2 heterocycles. The number of nitro groups is 1. The van der Waals surface area contributed by atoms with Gasteiger partial charge in [-0.3, -0.25) is 15.1 Å². The Labute approximate surface area is 119 Å². The zero-order chi connectivity index (χ0) is 13.9. The second kappa shape index (κ2) is 5.83. The van der Waals surface area contributed by atoms with E-state index in [4.69, 9.17) is 4.74 Å². The minimum absolute atomic E-state index is 0.00923. The summed E-state index contributed by atoms with van der Waals surface area (Å²) in [5.41, 5.74) is 0.590. The van der Waals surface area contributed by atoms with E-state index in [1.54, 1.807) is 6.20 Å². The van der Waals surface area contributed by atoms with Gasteiger partial charge in [-0.05, 0) is 34.2 Å². The first kappa shape index (κ1) is 14.2. The van der Waals surface area contributed by atoms with Gasteiger partial charge in [0.15, 0.2) is 0 Å². The van der Waals surface area contributed by atoms with Crippen molar-refractivity contribution in [3.05, 3.63) is 27.0 Å². The molecule has 1 aliphatic heterocycles. The van der Waals surface area contributed by atoms with Crippen LogP contribution in [-0.2, 0) is 4.74 Å². The van der Waals surface area contributed by atoms with Crippen molar-refractivity contribution in [2.75, 3.05) is 25.1 Å². The molecular formula is C12H16BrN3O3. The number of pyridine rings is 1. The molecule has 1 aliphatic rings. The molecule has 0 radical (unpaired) electrons. The van der Waals surface area contributed by atoms with Crippen molar-refractivity contribution in [3.63, 3.8) is 0 Å². The highest BCUT2D eigenvalue weighted by atomic mass is 79.9. The fraction of sp³-hybridized carbons (Fsp3) is 0.583. The minimum Gasteiger partial charge on any atom is -0.381 e. The molecule has 0 unspecified atom stereocenters. The summed E-state index contributed by atoms with van der Waals surface area (Å²) in [7, 11) is 0. The summed E-state index contributed by atoms with van der Waals surface area (Å²) in [5.74, 6) is 0. The van der Waals surface area contributed by atoms with Gasteiger partial charge >= 0.3 is 5.69 Å². The fourth-order valence-electron chi connectivity index (χ4n) is 2.08. The predicted octanol–water partition coefficient (Wildman–Crippen LogP) is 2.98. The molecule has 6 nitrogen and oxygen atoms in total. The van der Waals surface area contributed by atoms with Gasteiger partial charge in [0.1, 0.15) is 11.9 Å². The van der Waals surface area contributed by atoms with Gasteiger partial charge in [-0.2, -0.15) is 0 Å². The first-order chi connectivity index (χ1) is 9.02. The van der Waals surface area contributed by atoms with E-state index in [1.807, 2.05) is 0 Å². The molecule has 2 rings (SSSR count). The standard InChI is InChI=1S/C12H16BrN3O3/c1-12(2-4-19-5-3-12)8-15-11-9(13)6-14-7-10(11)16(17)18/h6-7H,2-5,8H2,1H3,(H,14,15). The summed E-state index contributed by atoms with van der Waals surface area (Å²) in [4.78, 5) is 14.4. The number of aromatic nitrogens is 1. The van der Waals surface area contributed by atoms with Crippen molar-refractivity contribution < 1.29 is 9.66 Å². The average Bonchev–Trinajstić information content (AvgIpc) is 2.38. The number of hydrogen-bond acceptors (Lipinski definition) is 5. The van der Waals surface area contributed by atoms with E-state index in [0.29, 0.717) is 16.7 Å². The second-order valence-electron chi connectivity index (χ2n) is 5.05. The number of ether oxygens (including phenoxy) is 1. The molecule has 1 saturated heterocycles. The quantitative estimate of drug-likeness (QED) is 0.678. The van der Waals surface area contributed by atoms with Crippen LogP contribution >= 0.6 is 15.9 Å². The Morgan fingerprint density at radius 3 is 2.84 bits per heavy atom. The monoisotopic (exact) mass is 329 g/mol. The maximum atomic E-state index is 11.0. The lowest BCUT2D eigenvalue weighted by atomic mass is 9.82. The lowest BCUT2D eigenvalue weighted by Gasteiger charge is -2.33. The lowest BCUT2D eigenvalue weighted by molar-refractivity contribution is -0.384. The second-order valence-corrected chi connectivity index (χ2v) is 5.90. The molecule has 0 aromatic carbocycles. The molecule has 0 atom stereocenters. The molecule has 104 valence electrons. The first-order valence-electron chi connectivity index (χ1n) is 6.11. The van der Waals surface area contributed by atoms with Crippen LogP contribution in [0.1, 0.15) is 19.8 Å². The van der Waals surface area contributed by atoms with Crippen LogP contribution in [0.25, 0.3) is 0 Å². The van der Waals surface area contributed by atoms with Crippen LogP contribution in [-0.4, -0.2) is 29.7 Å². The highest BCUT2D eigenvalue weighted by Gasteiger charge is 2.28. The summed E-state index contributed by atoms with van der Waals surface area (Å²) >= 11 is 3.30. The largest absolute Gasteiger partial charge is 0.381 e. The van der Waals surface area contributed by atoms with Crippen molar-refractivity contribution >= 4 is 27.3 Å². The first-order valence-corrected chi connectivity index (χ1v) is 6.91. The molecule has 19 heavy (non-hydrogen) atoms. The van der Waals surface area contributed by atoms with Crippen molar-refractivity contribution in [3.8, 4) is 0 Å². The van der Waals surface area contributed by atoms with E-state index in [2.05, 4.69) is 33.2 Å². The third-order valence-electron chi connectivity index (χ3n) is 3.47. The van der Waals surface area contributed by atoms with Gasteiger partial charge in [0.2, 0.25) is 0 Å². The SMILES string of the molecule is CC1(CNc2c(Br)cncc2[N+](=O)[O-])CCOCC1. The van der Waals surface area contributed by atoms with Gasteiger partial charge in [-0.25, -0.2) is 0 Å². The Bertz CT molecular complexity index is 475. The summed E-state index contributed by atoms with van der Waals surface area (Å²) in [5, 5.41) is 14.2. The topological polar surface area (TPSA) is 77.3 Å². The number of halogens is 1. The number of nitrogens with zero attached hydrogens (tertiary/aromatic N) is 2. The zero-order valence-electron chi connectivity index (χ0n) is 10.7. The maximum Gasteiger partial charge on any atom is 0.311 e. The Balaban J connectivity index is 2.12. The molecule has 0 spiro atoms. The highest BCUT2D eigenvalue weighted by molar-refractivity contribution is 9.10. The molecule has 0 amide bonds. The fourth-order valence-corrected chi connectivity index (χ4v) is 2.54. The molecule has 7 heteroatoms. The molecule has 0 saturated carbocycles. The number of anilines is 1. The molecule has 1 aromatic rings. The van der Waals surface area contributed by atoms with E-state index < -0.39 is 4.92 Å². The zero-order valence-corrected chi connectivity index (χ0v) is 12.3. The van der Waals surface area contributed by atoms with Crippen LogP contribution in [0.4, 0.5) is 11.4 Å². The summed E-state index contributed by atoms with van der Waals surface area (Å²) in [6, 6.07) is 0. The van der Waals surface area contributed by atoms with E-state index in [0.717, 1.165) is 26.1 Å².